The van der Waals surface area contributed by atoms with Gasteiger partial charge in [0.05, 0.1) is 6.54 Å². The second-order valence-electron chi connectivity index (χ2n) is 7.31. The molecule has 1 rings (SSSR count). The molecule has 0 radical (unpaired) electrons. The molecule has 12 heteroatoms. The van der Waals surface area contributed by atoms with E-state index in [0.717, 1.165) is 0 Å². The number of amides is 1. The monoisotopic (exact) mass is 561 g/mol. The molecule has 0 unspecified atom stereocenters. The summed E-state index contributed by atoms with van der Waals surface area (Å²) in [6.07, 6.45) is -2.87. The SMILES string of the molecule is CCNC(=NCc1ccnc(OCC(F)(F)F)c1)NCCCNC(=O)OC(C)(C)C.I. The number of nitrogens with zero attached hydrogens (tertiary/aromatic N) is 2. The summed E-state index contributed by atoms with van der Waals surface area (Å²) in [5.41, 5.74) is 0.114. The number of hydrogen-bond donors (Lipinski definition) is 3. The Hall–Kier alpha value is -1.99. The van der Waals surface area contributed by atoms with E-state index in [1.165, 1.54) is 12.3 Å². The van der Waals surface area contributed by atoms with Crippen molar-refractivity contribution < 1.29 is 27.4 Å². The molecular formula is C19H31F3IN5O3. The lowest BCUT2D eigenvalue weighted by molar-refractivity contribution is -0.154. The number of pyridine rings is 1. The number of halogens is 4. The van der Waals surface area contributed by atoms with E-state index in [2.05, 4.69) is 30.7 Å². The van der Waals surface area contributed by atoms with Gasteiger partial charge in [0.2, 0.25) is 5.88 Å². The van der Waals surface area contributed by atoms with E-state index in [1.54, 1.807) is 26.8 Å². The highest BCUT2D eigenvalue weighted by Crippen LogP contribution is 2.17. The minimum Gasteiger partial charge on any atom is -0.468 e. The molecule has 31 heavy (non-hydrogen) atoms. The van der Waals surface area contributed by atoms with Crippen LogP contribution in [0.15, 0.2) is 23.3 Å². The van der Waals surface area contributed by atoms with Crippen molar-refractivity contribution in [1.29, 1.82) is 0 Å². The van der Waals surface area contributed by atoms with Crippen LogP contribution < -0.4 is 20.7 Å². The Kier molecular flexibility index (Phi) is 13.2. The number of guanidine groups is 1. The van der Waals surface area contributed by atoms with Crippen LogP contribution in [0.2, 0.25) is 0 Å². The average Bonchev–Trinajstić information content (AvgIpc) is 2.62. The molecular weight excluding hydrogens is 530 g/mol. The predicted molar refractivity (Wildman–Crippen MR) is 123 cm³/mol. The van der Waals surface area contributed by atoms with E-state index in [-0.39, 0.29) is 36.4 Å². The Morgan fingerprint density at radius 3 is 2.45 bits per heavy atom. The number of alkyl halides is 3. The first kappa shape index (κ1) is 29.0. The van der Waals surface area contributed by atoms with Gasteiger partial charge >= 0.3 is 12.3 Å². The molecule has 0 aliphatic rings. The van der Waals surface area contributed by atoms with Gasteiger partial charge in [-0.3, -0.25) is 0 Å². The molecule has 0 atom stereocenters. The summed E-state index contributed by atoms with van der Waals surface area (Å²) in [5.74, 6) is 0.440. The average molecular weight is 561 g/mol. The number of alkyl carbamates (subject to hydrolysis) is 1. The summed E-state index contributed by atoms with van der Waals surface area (Å²) in [5, 5.41) is 8.87. The zero-order chi connectivity index (χ0) is 22.6. The zero-order valence-electron chi connectivity index (χ0n) is 18.1. The molecule has 3 N–H and O–H groups in total. The molecule has 0 saturated heterocycles. The van der Waals surface area contributed by atoms with Gasteiger partial charge in [-0.2, -0.15) is 13.2 Å². The van der Waals surface area contributed by atoms with Crippen LogP contribution in [0.5, 0.6) is 5.88 Å². The quantitative estimate of drug-likeness (QED) is 0.185. The topological polar surface area (TPSA) is 96.9 Å². The lowest BCUT2D eigenvalue weighted by Gasteiger charge is -2.19. The fraction of sp³-hybridized carbons (Fsp3) is 0.632. The van der Waals surface area contributed by atoms with Crippen LogP contribution in [0.25, 0.3) is 0 Å². The first-order valence-corrected chi connectivity index (χ1v) is 9.62. The highest BCUT2D eigenvalue weighted by atomic mass is 127. The summed E-state index contributed by atoms with van der Waals surface area (Å²) in [6.45, 7) is 7.76. The van der Waals surface area contributed by atoms with E-state index in [9.17, 15) is 18.0 Å². The molecule has 1 heterocycles. The Morgan fingerprint density at radius 1 is 1.16 bits per heavy atom. The van der Waals surface area contributed by atoms with Gasteiger partial charge in [-0.05, 0) is 45.7 Å². The van der Waals surface area contributed by atoms with Crippen molar-refractivity contribution in [3.63, 3.8) is 0 Å². The third-order valence-electron chi connectivity index (χ3n) is 3.26. The van der Waals surface area contributed by atoms with E-state index in [4.69, 9.17) is 4.74 Å². The Morgan fingerprint density at radius 2 is 1.84 bits per heavy atom. The number of hydrogen-bond acceptors (Lipinski definition) is 5. The molecule has 0 aliphatic carbocycles. The highest BCUT2D eigenvalue weighted by molar-refractivity contribution is 14.0. The first-order valence-electron chi connectivity index (χ1n) is 9.62. The van der Waals surface area contributed by atoms with E-state index in [0.29, 0.717) is 37.6 Å². The molecule has 0 aromatic carbocycles. The number of aliphatic imine (C=N–C) groups is 1. The van der Waals surface area contributed by atoms with Crippen molar-refractivity contribution in [2.75, 3.05) is 26.2 Å². The summed E-state index contributed by atoms with van der Waals surface area (Å²) < 4.78 is 46.5. The number of rotatable bonds is 9. The van der Waals surface area contributed by atoms with Crippen molar-refractivity contribution in [1.82, 2.24) is 20.9 Å². The smallest absolute Gasteiger partial charge is 0.422 e. The van der Waals surface area contributed by atoms with Crippen molar-refractivity contribution >= 4 is 36.0 Å². The van der Waals surface area contributed by atoms with Crippen LogP contribution in [-0.4, -0.2) is 55.1 Å². The van der Waals surface area contributed by atoms with Gasteiger partial charge in [-0.15, -0.1) is 24.0 Å². The minimum absolute atomic E-state index is 0. The second kappa shape index (κ2) is 14.1. The molecule has 0 aliphatic heterocycles. The predicted octanol–water partition coefficient (Wildman–Crippen LogP) is 3.61. The normalized spacial score (nSPS) is 11.9. The molecule has 0 spiro atoms. The second-order valence-corrected chi connectivity index (χ2v) is 7.31. The number of carbonyl (C=O) groups is 1. The van der Waals surface area contributed by atoms with Gasteiger partial charge in [-0.1, -0.05) is 0 Å². The van der Waals surface area contributed by atoms with Gasteiger partial charge in [0.15, 0.2) is 12.6 Å². The van der Waals surface area contributed by atoms with Crippen molar-refractivity contribution in [3.05, 3.63) is 23.9 Å². The Balaban J connectivity index is 0.00000900. The largest absolute Gasteiger partial charge is 0.468 e. The maximum Gasteiger partial charge on any atom is 0.422 e. The van der Waals surface area contributed by atoms with Gasteiger partial charge in [-0.25, -0.2) is 14.8 Å². The Bertz CT molecular complexity index is 697. The number of ether oxygens (including phenoxy) is 2. The van der Waals surface area contributed by atoms with Crippen molar-refractivity contribution in [3.8, 4) is 5.88 Å². The standard InChI is InChI=1S/C19H30F3N5O3.HI/c1-5-23-16(25-8-6-9-26-17(28)30-18(2,3)4)27-12-14-7-10-24-15(11-14)29-13-19(20,21)22;/h7,10-11H,5-6,8-9,12-13H2,1-4H3,(H,26,28)(H2,23,25,27);1H. The van der Waals surface area contributed by atoms with Crippen molar-refractivity contribution in [2.45, 2.75) is 52.4 Å². The molecule has 8 nitrogen and oxygen atoms in total. The maximum absolute atomic E-state index is 12.2. The molecule has 0 fully saturated rings. The molecule has 1 amide bonds. The van der Waals surface area contributed by atoms with Crippen LogP contribution in [0.1, 0.15) is 39.7 Å². The van der Waals surface area contributed by atoms with Gasteiger partial charge in [0.1, 0.15) is 5.60 Å². The molecule has 1 aromatic heterocycles. The fourth-order valence-corrected chi connectivity index (χ4v) is 2.10. The van der Waals surface area contributed by atoms with Crippen LogP contribution in [0.4, 0.5) is 18.0 Å². The molecule has 0 bridgehead atoms. The lowest BCUT2D eigenvalue weighted by atomic mass is 10.2. The lowest BCUT2D eigenvalue weighted by Crippen LogP contribution is -2.39. The summed E-state index contributed by atoms with van der Waals surface area (Å²) >= 11 is 0. The van der Waals surface area contributed by atoms with Crippen LogP contribution >= 0.6 is 24.0 Å². The maximum atomic E-state index is 12.2. The number of nitrogens with one attached hydrogen (secondary N) is 3. The first-order chi connectivity index (χ1) is 14.0. The summed E-state index contributed by atoms with van der Waals surface area (Å²) in [7, 11) is 0. The van der Waals surface area contributed by atoms with Gasteiger partial charge < -0.3 is 25.4 Å². The fourth-order valence-electron chi connectivity index (χ4n) is 2.10. The van der Waals surface area contributed by atoms with Crippen LogP contribution in [0, 0.1) is 0 Å². The van der Waals surface area contributed by atoms with E-state index < -0.39 is 24.5 Å². The van der Waals surface area contributed by atoms with E-state index in [1.807, 2.05) is 6.92 Å². The van der Waals surface area contributed by atoms with Crippen LogP contribution in [-0.2, 0) is 11.3 Å². The Labute approximate surface area is 197 Å². The number of aromatic nitrogens is 1. The minimum atomic E-state index is -4.42. The molecule has 0 saturated carbocycles. The van der Waals surface area contributed by atoms with E-state index >= 15 is 0 Å². The third kappa shape index (κ3) is 15.5. The third-order valence-corrected chi connectivity index (χ3v) is 3.26. The van der Waals surface area contributed by atoms with Gasteiger partial charge in [0, 0.05) is 31.9 Å². The summed E-state index contributed by atoms with van der Waals surface area (Å²) in [4.78, 5) is 19.7. The van der Waals surface area contributed by atoms with Gasteiger partial charge in [0.25, 0.3) is 0 Å². The van der Waals surface area contributed by atoms with Crippen molar-refractivity contribution in [2.24, 2.45) is 4.99 Å². The number of carbonyl (C=O) groups excluding carboxylic acids is 1. The van der Waals surface area contributed by atoms with Crippen LogP contribution in [0.3, 0.4) is 0 Å². The highest BCUT2D eigenvalue weighted by Gasteiger charge is 2.28. The zero-order valence-corrected chi connectivity index (χ0v) is 20.5. The molecule has 1 aromatic rings. The molecule has 178 valence electrons. The summed E-state index contributed by atoms with van der Waals surface area (Å²) in [6, 6.07) is 3.07.